The summed E-state index contributed by atoms with van der Waals surface area (Å²) in [6.07, 6.45) is 4.10. The van der Waals surface area contributed by atoms with E-state index < -0.39 is 0 Å². The molecule has 1 heteroatoms. The highest BCUT2D eigenvalue weighted by Crippen LogP contribution is 2.47. The van der Waals surface area contributed by atoms with E-state index in [-0.39, 0.29) is 0 Å². The molecule has 51 heavy (non-hydrogen) atoms. The molecule has 0 aliphatic carbocycles. The quantitative estimate of drug-likeness (QED) is 0.0942. The molecule has 0 heterocycles. The molecule has 0 fully saturated rings. The fraction of sp³-hybridized carbons (Fsp3) is 0.0400. The molecular weight excluding hydrogens is 615 g/mol. The number of aryl methyl sites for hydroxylation is 1. The molecule has 242 valence electrons. The van der Waals surface area contributed by atoms with Crippen molar-refractivity contribution in [2.75, 3.05) is 4.90 Å². The molecule has 0 unspecified atom stereocenters. The van der Waals surface area contributed by atoms with Crippen LogP contribution in [0.2, 0.25) is 0 Å². The van der Waals surface area contributed by atoms with Gasteiger partial charge in [-0.2, -0.15) is 0 Å². The molecule has 0 aromatic heterocycles. The van der Waals surface area contributed by atoms with E-state index in [2.05, 4.69) is 183 Å². The summed E-state index contributed by atoms with van der Waals surface area (Å²) in [4.78, 5) is 2.30. The molecule has 9 aromatic carbocycles. The molecule has 1 nitrogen and oxygen atoms in total. The van der Waals surface area contributed by atoms with E-state index in [1.165, 1.54) is 81.7 Å². The van der Waals surface area contributed by atoms with Gasteiger partial charge in [-0.1, -0.05) is 164 Å². The van der Waals surface area contributed by atoms with Gasteiger partial charge in [-0.05, 0) is 103 Å². The van der Waals surface area contributed by atoms with Gasteiger partial charge in [0.15, 0.2) is 0 Å². The summed E-state index contributed by atoms with van der Waals surface area (Å²) in [5.41, 5.74) is 10.1. The van der Waals surface area contributed by atoms with Gasteiger partial charge >= 0.3 is 0 Å². The first-order valence-electron chi connectivity index (χ1n) is 17.6. The summed E-state index contributed by atoms with van der Waals surface area (Å²) < 4.78 is 0. The average Bonchev–Trinajstić information content (AvgIpc) is 3.16. The van der Waals surface area contributed by atoms with Gasteiger partial charge in [0.1, 0.15) is 0 Å². The Morgan fingerprint density at radius 2 is 1.08 bits per heavy atom. The number of allylic oxidation sites excluding steroid dienone is 3. The van der Waals surface area contributed by atoms with E-state index in [1.807, 2.05) is 13.0 Å². The first-order chi connectivity index (χ1) is 25.0. The number of rotatable bonds is 7. The number of hydrogen-bond donors (Lipinski definition) is 0. The zero-order chi connectivity index (χ0) is 34.6. The van der Waals surface area contributed by atoms with Gasteiger partial charge in [0.05, 0.1) is 5.69 Å². The Morgan fingerprint density at radius 1 is 0.510 bits per heavy atom. The van der Waals surface area contributed by atoms with E-state index in [0.717, 1.165) is 22.6 Å². The normalized spacial score (nSPS) is 11.8. The van der Waals surface area contributed by atoms with Gasteiger partial charge < -0.3 is 4.90 Å². The third kappa shape index (κ3) is 5.09. The van der Waals surface area contributed by atoms with Crippen molar-refractivity contribution in [3.05, 3.63) is 194 Å². The van der Waals surface area contributed by atoms with E-state index >= 15 is 0 Å². The summed E-state index contributed by atoms with van der Waals surface area (Å²) in [5.74, 6) is 0. The van der Waals surface area contributed by atoms with Crippen LogP contribution in [-0.2, 0) is 0 Å². The third-order valence-corrected chi connectivity index (χ3v) is 10.3. The maximum Gasteiger partial charge on any atom is 0.0618 e. The summed E-state index contributed by atoms with van der Waals surface area (Å²) in [6.45, 7) is 12.8. The van der Waals surface area contributed by atoms with E-state index in [4.69, 9.17) is 0 Å². The minimum atomic E-state index is 0.876. The Balaban J connectivity index is 1.29. The lowest BCUT2D eigenvalue weighted by Crippen LogP contribution is -2.15. The number of fused-ring (bicyclic) bond motifs is 2. The predicted molar refractivity (Wildman–Crippen MR) is 222 cm³/mol. The zero-order valence-corrected chi connectivity index (χ0v) is 28.9. The summed E-state index contributed by atoms with van der Waals surface area (Å²) in [6, 6.07) is 55.7. The van der Waals surface area contributed by atoms with Crippen molar-refractivity contribution in [3.8, 4) is 22.3 Å². The SMILES string of the molecule is C=C(C)C=CC(=C)N(c1ccc(C)cc1)c1c2ccccc2c(-c2cccc(-c3ccc4ccc5cccc6ccc3c4c56)c2)c2ccccc12. The van der Waals surface area contributed by atoms with Gasteiger partial charge in [-0.15, -0.1) is 0 Å². The van der Waals surface area contributed by atoms with Crippen LogP contribution in [0.15, 0.2) is 188 Å². The van der Waals surface area contributed by atoms with Crippen molar-refractivity contribution in [2.45, 2.75) is 13.8 Å². The lowest BCUT2D eigenvalue weighted by molar-refractivity contribution is 1.23. The van der Waals surface area contributed by atoms with Crippen molar-refractivity contribution < 1.29 is 0 Å². The molecule has 0 N–H and O–H groups in total. The fourth-order valence-electron chi connectivity index (χ4n) is 7.93. The average molecular weight is 652 g/mol. The summed E-state index contributed by atoms with van der Waals surface area (Å²) >= 11 is 0. The van der Waals surface area contributed by atoms with Crippen LogP contribution in [0, 0.1) is 6.92 Å². The van der Waals surface area contributed by atoms with Gasteiger partial charge in [0, 0.05) is 22.2 Å². The van der Waals surface area contributed by atoms with Crippen molar-refractivity contribution in [2.24, 2.45) is 0 Å². The number of hydrogen-bond acceptors (Lipinski definition) is 1. The van der Waals surface area contributed by atoms with Crippen LogP contribution < -0.4 is 4.90 Å². The first-order valence-corrected chi connectivity index (χ1v) is 17.6. The monoisotopic (exact) mass is 651 g/mol. The van der Waals surface area contributed by atoms with Crippen LogP contribution >= 0.6 is 0 Å². The van der Waals surface area contributed by atoms with Crippen LogP contribution in [0.3, 0.4) is 0 Å². The lowest BCUT2D eigenvalue weighted by atomic mass is 9.87. The molecule has 0 spiro atoms. The summed E-state index contributed by atoms with van der Waals surface area (Å²) in [7, 11) is 0. The molecule has 0 radical (unpaired) electrons. The molecule has 9 aromatic rings. The maximum absolute atomic E-state index is 4.59. The van der Waals surface area contributed by atoms with Crippen LogP contribution in [-0.4, -0.2) is 0 Å². The van der Waals surface area contributed by atoms with Crippen molar-refractivity contribution in [1.29, 1.82) is 0 Å². The molecule has 0 saturated carbocycles. The van der Waals surface area contributed by atoms with Crippen LogP contribution in [0.1, 0.15) is 12.5 Å². The lowest BCUT2D eigenvalue weighted by Gasteiger charge is -2.30. The third-order valence-electron chi connectivity index (χ3n) is 10.3. The molecule has 9 rings (SSSR count). The Hall–Kier alpha value is -6.44. The highest BCUT2D eigenvalue weighted by Gasteiger charge is 2.22. The van der Waals surface area contributed by atoms with Gasteiger partial charge in [-0.25, -0.2) is 0 Å². The van der Waals surface area contributed by atoms with Crippen LogP contribution in [0.5, 0.6) is 0 Å². The number of nitrogens with zero attached hydrogens (tertiary/aromatic N) is 1. The smallest absolute Gasteiger partial charge is 0.0618 e. The minimum Gasteiger partial charge on any atom is -0.310 e. The van der Waals surface area contributed by atoms with Gasteiger partial charge in [-0.3, -0.25) is 0 Å². The molecule has 0 bridgehead atoms. The molecular formula is C50H37N. The Labute approximate surface area is 299 Å². The number of benzene rings is 9. The predicted octanol–water partition coefficient (Wildman–Crippen LogP) is 14.3. The summed E-state index contributed by atoms with van der Waals surface area (Å²) in [5, 5.41) is 12.6. The second kappa shape index (κ2) is 12.2. The molecule has 0 saturated heterocycles. The molecule has 0 aliphatic rings. The minimum absolute atomic E-state index is 0.876. The van der Waals surface area contributed by atoms with Gasteiger partial charge in [0.25, 0.3) is 0 Å². The molecule has 0 aliphatic heterocycles. The zero-order valence-electron chi connectivity index (χ0n) is 28.9. The second-order valence-corrected chi connectivity index (χ2v) is 13.7. The maximum atomic E-state index is 4.59. The van der Waals surface area contributed by atoms with Crippen molar-refractivity contribution in [1.82, 2.24) is 0 Å². The Kier molecular flexibility index (Phi) is 7.30. The molecule has 0 atom stereocenters. The van der Waals surface area contributed by atoms with Gasteiger partial charge in [0.2, 0.25) is 0 Å². The van der Waals surface area contributed by atoms with E-state index in [9.17, 15) is 0 Å². The largest absolute Gasteiger partial charge is 0.310 e. The van der Waals surface area contributed by atoms with E-state index in [1.54, 1.807) is 0 Å². The fourth-order valence-corrected chi connectivity index (χ4v) is 7.93. The highest BCUT2D eigenvalue weighted by molar-refractivity contribution is 6.26. The van der Waals surface area contributed by atoms with Crippen LogP contribution in [0.4, 0.5) is 11.4 Å². The standard InChI is InChI=1S/C50H37N/c1-32(2)19-22-34(4)51(40-27-20-33(3)21-28-40)50-45-17-7-5-15-42(45)48(43-16-6-8-18-46(43)50)39-14-10-13-38(31-39)41-29-25-37-24-23-35-11-9-12-36-26-30-44(41)49(37)47(35)36/h5-31H,1,4H2,2-3H3. The topological polar surface area (TPSA) is 3.24 Å². The Morgan fingerprint density at radius 3 is 1.75 bits per heavy atom. The van der Waals surface area contributed by atoms with Crippen molar-refractivity contribution in [3.63, 3.8) is 0 Å². The second-order valence-electron chi connectivity index (χ2n) is 13.7. The van der Waals surface area contributed by atoms with Crippen molar-refractivity contribution >= 4 is 65.2 Å². The first kappa shape index (κ1) is 30.6. The van der Waals surface area contributed by atoms with Crippen LogP contribution in [0.25, 0.3) is 76.1 Å². The highest BCUT2D eigenvalue weighted by atomic mass is 15.1. The number of anilines is 2. The molecule has 0 amide bonds. The van der Waals surface area contributed by atoms with E-state index in [0.29, 0.717) is 0 Å². The Bertz CT molecular complexity index is 2780.